The lowest BCUT2D eigenvalue weighted by Gasteiger charge is -2.12. The van der Waals surface area contributed by atoms with Gasteiger partial charge in [-0.3, -0.25) is 14.9 Å². The molecule has 3 rings (SSSR count). The maximum atomic E-state index is 12.3. The zero-order chi connectivity index (χ0) is 23.1. The minimum atomic E-state index is -0.285. The van der Waals surface area contributed by atoms with Gasteiger partial charge in [0.1, 0.15) is 11.5 Å². The minimum absolute atomic E-state index is 0.0665. The van der Waals surface area contributed by atoms with E-state index >= 15 is 0 Å². The molecule has 7 nitrogen and oxygen atoms in total. The third kappa shape index (κ3) is 6.18. The number of rotatable bonds is 8. The molecule has 1 aromatic heterocycles. The molecule has 8 heteroatoms. The molecule has 0 bridgehead atoms. The molecule has 1 unspecified atom stereocenters. The Kier molecular flexibility index (Phi) is 7.62. The summed E-state index contributed by atoms with van der Waals surface area (Å²) >= 11 is 1.35. The van der Waals surface area contributed by atoms with Crippen molar-refractivity contribution in [1.29, 1.82) is 0 Å². The Hall–Kier alpha value is -3.65. The second kappa shape index (κ2) is 10.6. The Morgan fingerprint density at radius 1 is 1.06 bits per heavy atom. The zero-order valence-electron chi connectivity index (χ0n) is 18.3. The molecule has 0 spiro atoms. The molecule has 1 heterocycles. The predicted octanol–water partition coefficient (Wildman–Crippen LogP) is 4.68. The Balaban J connectivity index is 1.64. The van der Waals surface area contributed by atoms with Crippen LogP contribution in [0.2, 0.25) is 0 Å². The summed E-state index contributed by atoms with van der Waals surface area (Å²) in [5, 5.41) is 8.04. The fraction of sp³-hybridized carbons (Fsp3) is 0.208. The van der Waals surface area contributed by atoms with Crippen molar-refractivity contribution in [3.05, 3.63) is 65.0 Å². The van der Waals surface area contributed by atoms with Crippen LogP contribution < -0.4 is 20.1 Å². The highest BCUT2D eigenvalue weighted by molar-refractivity contribution is 7.14. The van der Waals surface area contributed by atoms with Crippen LogP contribution in [-0.4, -0.2) is 31.0 Å². The number of hydrogen-bond donors (Lipinski definition) is 2. The van der Waals surface area contributed by atoms with Crippen LogP contribution in [0, 0.1) is 0 Å². The number of benzene rings is 2. The van der Waals surface area contributed by atoms with Gasteiger partial charge in [-0.25, -0.2) is 4.98 Å². The van der Waals surface area contributed by atoms with Crippen LogP contribution in [0.15, 0.2) is 53.9 Å². The van der Waals surface area contributed by atoms with Crippen LogP contribution in [0.25, 0.3) is 17.3 Å². The largest absolute Gasteiger partial charge is 0.497 e. The van der Waals surface area contributed by atoms with Gasteiger partial charge in [0, 0.05) is 30.0 Å². The molecule has 2 amide bonds. The number of methoxy groups -OCH3 is 2. The van der Waals surface area contributed by atoms with Gasteiger partial charge in [0.05, 0.1) is 26.0 Å². The van der Waals surface area contributed by atoms with Crippen LogP contribution >= 0.6 is 11.3 Å². The number of ether oxygens (including phenoxy) is 2. The Morgan fingerprint density at radius 2 is 1.72 bits per heavy atom. The number of carbonyl (C=O) groups excluding carboxylic acids is 2. The van der Waals surface area contributed by atoms with Gasteiger partial charge >= 0.3 is 0 Å². The van der Waals surface area contributed by atoms with Crippen molar-refractivity contribution in [2.45, 2.75) is 19.9 Å². The number of nitrogens with one attached hydrogen (secondary N) is 2. The summed E-state index contributed by atoms with van der Waals surface area (Å²) in [5.74, 6) is 0.936. The van der Waals surface area contributed by atoms with E-state index in [1.807, 2.05) is 48.7 Å². The van der Waals surface area contributed by atoms with Gasteiger partial charge in [-0.1, -0.05) is 24.3 Å². The lowest BCUT2D eigenvalue weighted by Crippen LogP contribution is -2.23. The van der Waals surface area contributed by atoms with E-state index in [1.54, 1.807) is 26.4 Å². The summed E-state index contributed by atoms with van der Waals surface area (Å²) in [6.45, 7) is 3.43. The molecular formula is C24H25N3O4S. The number of nitrogens with zero attached hydrogens (tertiary/aromatic N) is 1. The van der Waals surface area contributed by atoms with E-state index in [-0.39, 0.29) is 17.9 Å². The van der Waals surface area contributed by atoms with Gasteiger partial charge in [-0.05, 0) is 36.3 Å². The number of carbonyl (C=O) groups is 2. The van der Waals surface area contributed by atoms with Crippen LogP contribution in [0.5, 0.6) is 11.5 Å². The van der Waals surface area contributed by atoms with E-state index in [4.69, 9.17) is 9.47 Å². The summed E-state index contributed by atoms with van der Waals surface area (Å²) in [6, 6.07) is 13.1. The first kappa shape index (κ1) is 23.0. The highest BCUT2D eigenvalue weighted by atomic mass is 32.1. The monoisotopic (exact) mass is 451 g/mol. The maximum Gasteiger partial charge on any atom is 0.250 e. The van der Waals surface area contributed by atoms with Gasteiger partial charge in [-0.2, -0.15) is 0 Å². The van der Waals surface area contributed by atoms with E-state index in [1.165, 1.54) is 24.3 Å². The number of thiazole rings is 1. The van der Waals surface area contributed by atoms with Gasteiger partial charge in [0.25, 0.3) is 0 Å². The average molecular weight is 452 g/mol. The molecule has 0 fully saturated rings. The van der Waals surface area contributed by atoms with E-state index in [2.05, 4.69) is 15.6 Å². The molecule has 32 heavy (non-hydrogen) atoms. The van der Waals surface area contributed by atoms with Gasteiger partial charge < -0.3 is 14.8 Å². The maximum absolute atomic E-state index is 12.3. The second-order valence-electron chi connectivity index (χ2n) is 7.05. The number of anilines is 1. The summed E-state index contributed by atoms with van der Waals surface area (Å²) in [7, 11) is 3.15. The lowest BCUT2D eigenvalue weighted by atomic mass is 10.1. The molecule has 1 atom stereocenters. The summed E-state index contributed by atoms with van der Waals surface area (Å²) < 4.78 is 10.5. The molecule has 0 radical (unpaired) electrons. The third-order valence-electron chi connectivity index (χ3n) is 4.66. The van der Waals surface area contributed by atoms with Crippen molar-refractivity contribution < 1.29 is 19.1 Å². The smallest absolute Gasteiger partial charge is 0.250 e. The SMILES string of the molecule is COc1cc(/C=C/C(=O)Nc2nc(-c3ccc(C(C)NC(C)=O)cc3)cs2)cc(OC)c1. The van der Waals surface area contributed by atoms with E-state index in [0.29, 0.717) is 16.6 Å². The van der Waals surface area contributed by atoms with E-state index < -0.39 is 0 Å². The van der Waals surface area contributed by atoms with Gasteiger partial charge in [0.2, 0.25) is 11.8 Å². The number of amides is 2. The normalized spacial score (nSPS) is 11.8. The van der Waals surface area contributed by atoms with Gasteiger partial charge in [-0.15, -0.1) is 11.3 Å². The van der Waals surface area contributed by atoms with Crippen LogP contribution in [0.3, 0.4) is 0 Å². The van der Waals surface area contributed by atoms with E-state index in [0.717, 1.165) is 22.4 Å². The Bertz CT molecular complexity index is 1100. The zero-order valence-corrected chi connectivity index (χ0v) is 19.2. The standard InChI is InChI=1S/C24H25N3O4S/c1-15(25-16(2)28)18-6-8-19(9-7-18)22-14-32-24(26-22)27-23(29)10-5-17-11-20(30-3)13-21(12-17)31-4/h5-15H,1-4H3,(H,25,28)(H,26,27,29)/b10-5+. The van der Waals surface area contributed by atoms with Crippen molar-refractivity contribution in [3.63, 3.8) is 0 Å². The number of hydrogen-bond acceptors (Lipinski definition) is 6. The quantitative estimate of drug-likeness (QED) is 0.486. The van der Waals surface area contributed by atoms with Gasteiger partial charge in [0.15, 0.2) is 5.13 Å². The van der Waals surface area contributed by atoms with Crippen molar-refractivity contribution in [1.82, 2.24) is 10.3 Å². The Morgan fingerprint density at radius 3 is 2.31 bits per heavy atom. The Labute approximate surface area is 191 Å². The fourth-order valence-electron chi connectivity index (χ4n) is 3.04. The third-order valence-corrected chi connectivity index (χ3v) is 5.42. The first-order valence-electron chi connectivity index (χ1n) is 9.93. The lowest BCUT2D eigenvalue weighted by molar-refractivity contribution is -0.119. The highest BCUT2D eigenvalue weighted by Crippen LogP contribution is 2.27. The molecule has 2 aromatic carbocycles. The van der Waals surface area contributed by atoms with Crippen LogP contribution in [-0.2, 0) is 9.59 Å². The van der Waals surface area contributed by atoms with Crippen LogP contribution in [0.4, 0.5) is 5.13 Å². The predicted molar refractivity (Wildman–Crippen MR) is 127 cm³/mol. The molecule has 0 aliphatic rings. The molecular weight excluding hydrogens is 426 g/mol. The summed E-state index contributed by atoms with van der Waals surface area (Å²) in [6.07, 6.45) is 3.12. The number of aromatic nitrogens is 1. The topological polar surface area (TPSA) is 89.5 Å². The first-order valence-corrected chi connectivity index (χ1v) is 10.8. The highest BCUT2D eigenvalue weighted by Gasteiger charge is 2.10. The molecule has 0 aliphatic carbocycles. The van der Waals surface area contributed by atoms with Crippen molar-refractivity contribution in [3.8, 4) is 22.8 Å². The second-order valence-corrected chi connectivity index (χ2v) is 7.91. The molecule has 0 saturated carbocycles. The molecule has 0 aliphatic heterocycles. The fourth-order valence-corrected chi connectivity index (χ4v) is 3.76. The molecule has 166 valence electrons. The van der Waals surface area contributed by atoms with Crippen molar-refractivity contribution >= 4 is 34.4 Å². The molecule has 2 N–H and O–H groups in total. The summed E-state index contributed by atoms with van der Waals surface area (Å²) in [4.78, 5) is 28.0. The van der Waals surface area contributed by atoms with Crippen molar-refractivity contribution in [2.75, 3.05) is 19.5 Å². The molecule has 3 aromatic rings. The van der Waals surface area contributed by atoms with Crippen molar-refractivity contribution in [2.24, 2.45) is 0 Å². The average Bonchev–Trinajstić information content (AvgIpc) is 3.25. The summed E-state index contributed by atoms with van der Waals surface area (Å²) in [5.41, 5.74) is 3.49. The van der Waals surface area contributed by atoms with Crippen LogP contribution in [0.1, 0.15) is 31.0 Å². The first-order chi connectivity index (χ1) is 15.4. The minimum Gasteiger partial charge on any atom is -0.497 e. The van der Waals surface area contributed by atoms with E-state index in [9.17, 15) is 9.59 Å². The molecule has 0 saturated heterocycles.